The van der Waals surface area contributed by atoms with Gasteiger partial charge in [0.15, 0.2) is 0 Å². The van der Waals surface area contributed by atoms with Gasteiger partial charge in [0.2, 0.25) is 0 Å². The van der Waals surface area contributed by atoms with Crippen molar-refractivity contribution in [3.8, 4) is 0 Å². The van der Waals surface area contributed by atoms with Crippen LogP contribution in [0.5, 0.6) is 0 Å². The second-order valence-corrected chi connectivity index (χ2v) is 5.40. The maximum Gasteiger partial charge on any atom is 0.338 e. The highest BCUT2D eigenvalue weighted by atomic mass is 16.5. The molecule has 1 aliphatic heterocycles. The van der Waals surface area contributed by atoms with Crippen LogP contribution in [0.15, 0.2) is 35.5 Å². The Kier molecular flexibility index (Phi) is 5.26. The first-order valence-electron chi connectivity index (χ1n) is 7.74. The van der Waals surface area contributed by atoms with E-state index < -0.39 is 12.0 Å². The van der Waals surface area contributed by atoms with E-state index in [2.05, 4.69) is 22.5 Å². The predicted molar refractivity (Wildman–Crippen MR) is 89.1 cm³/mol. The fourth-order valence-electron chi connectivity index (χ4n) is 2.53. The minimum atomic E-state index is -0.510. The summed E-state index contributed by atoms with van der Waals surface area (Å²) < 4.78 is 5.12. The smallest absolute Gasteiger partial charge is 0.338 e. The number of rotatable bonds is 5. The molecule has 1 heterocycles. The summed E-state index contributed by atoms with van der Waals surface area (Å²) in [7, 11) is 2.01. The van der Waals surface area contributed by atoms with E-state index in [0.29, 0.717) is 11.3 Å². The molecule has 0 saturated carbocycles. The molecule has 1 unspecified atom stereocenters. The van der Waals surface area contributed by atoms with Crippen molar-refractivity contribution >= 4 is 17.7 Å². The largest absolute Gasteiger partial charge is 0.463 e. The number of nitrogens with zero attached hydrogens (tertiary/aromatic N) is 1. The third kappa shape index (κ3) is 3.64. The molecule has 0 fully saturated rings. The van der Waals surface area contributed by atoms with E-state index in [1.807, 2.05) is 31.3 Å². The first kappa shape index (κ1) is 16.9. The number of esters is 1. The lowest BCUT2D eigenvalue weighted by Gasteiger charge is -2.28. The van der Waals surface area contributed by atoms with Crippen LogP contribution in [0.4, 0.5) is 10.5 Å². The Morgan fingerprint density at radius 1 is 1.26 bits per heavy atom. The molecule has 0 bridgehead atoms. The Labute approximate surface area is 136 Å². The van der Waals surface area contributed by atoms with Gasteiger partial charge in [-0.25, -0.2) is 9.59 Å². The van der Waals surface area contributed by atoms with E-state index in [4.69, 9.17) is 4.74 Å². The molecule has 2 rings (SSSR count). The van der Waals surface area contributed by atoms with Gasteiger partial charge in [-0.3, -0.25) is 0 Å². The number of ether oxygens (including phenoxy) is 1. The van der Waals surface area contributed by atoms with E-state index in [9.17, 15) is 9.59 Å². The zero-order valence-electron chi connectivity index (χ0n) is 14.0. The zero-order chi connectivity index (χ0) is 17.0. The lowest BCUT2D eigenvalue weighted by Crippen LogP contribution is -2.45. The molecule has 1 atom stereocenters. The maximum atomic E-state index is 12.2. The molecule has 6 nitrogen and oxygen atoms in total. The number of hydrogen-bond acceptors (Lipinski definition) is 4. The normalized spacial score (nSPS) is 17.4. The van der Waals surface area contributed by atoms with Crippen LogP contribution in [0.1, 0.15) is 32.4 Å². The third-order valence-corrected chi connectivity index (χ3v) is 3.91. The van der Waals surface area contributed by atoms with E-state index in [0.717, 1.165) is 17.8 Å². The number of urea groups is 1. The topological polar surface area (TPSA) is 70.7 Å². The van der Waals surface area contributed by atoms with Gasteiger partial charge in [-0.1, -0.05) is 12.1 Å². The first-order valence-corrected chi connectivity index (χ1v) is 7.74. The van der Waals surface area contributed by atoms with Crippen molar-refractivity contribution in [1.82, 2.24) is 10.6 Å². The molecule has 6 heteroatoms. The molecule has 0 saturated heterocycles. The average molecular weight is 317 g/mol. The van der Waals surface area contributed by atoms with Crippen molar-refractivity contribution in [2.75, 3.05) is 25.1 Å². The van der Waals surface area contributed by atoms with Crippen LogP contribution < -0.4 is 15.5 Å². The average Bonchev–Trinajstić information content (AvgIpc) is 2.53. The standard InChI is InChI=1S/C17H23N3O3/c1-5-20(4)13-9-7-12(8-10-13)15-14(16(21)23-6-2)11(3)18-17(22)19-15/h7-10,15H,5-6H2,1-4H3,(H2,18,19,22). The second kappa shape index (κ2) is 7.17. The van der Waals surface area contributed by atoms with Crippen LogP contribution in [0.25, 0.3) is 0 Å². The molecular weight excluding hydrogens is 294 g/mol. The minimum Gasteiger partial charge on any atom is -0.463 e. The highest BCUT2D eigenvalue weighted by Gasteiger charge is 2.31. The van der Waals surface area contributed by atoms with Crippen molar-refractivity contribution in [2.45, 2.75) is 26.8 Å². The van der Waals surface area contributed by atoms with Crippen molar-refractivity contribution in [1.29, 1.82) is 0 Å². The Morgan fingerprint density at radius 2 is 1.91 bits per heavy atom. The molecule has 0 aliphatic carbocycles. The summed E-state index contributed by atoms with van der Waals surface area (Å²) in [6.07, 6.45) is 0. The molecule has 2 N–H and O–H groups in total. The summed E-state index contributed by atoms with van der Waals surface area (Å²) in [4.78, 5) is 26.1. The lowest BCUT2D eigenvalue weighted by atomic mass is 9.95. The van der Waals surface area contributed by atoms with Crippen molar-refractivity contribution in [2.24, 2.45) is 0 Å². The van der Waals surface area contributed by atoms with Gasteiger partial charge in [0.1, 0.15) is 0 Å². The Bertz CT molecular complexity index is 622. The molecule has 124 valence electrons. The monoisotopic (exact) mass is 317 g/mol. The summed E-state index contributed by atoms with van der Waals surface area (Å²) in [5.74, 6) is -0.419. The third-order valence-electron chi connectivity index (χ3n) is 3.91. The van der Waals surface area contributed by atoms with E-state index in [-0.39, 0.29) is 12.6 Å². The maximum absolute atomic E-state index is 12.2. The summed E-state index contributed by atoms with van der Waals surface area (Å²) in [5, 5.41) is 5.42. The Morgan fingerprint density at radius 3 is 2.48 bits per heavy atom. The SMILES string of the molecule is CCOC(=O)C1=C(C)NC(=O)NC1c1ccc(N(C)CC)cc1. The molecule has 0 aromatic heterocycles. The molecule has 1 aromatic rings. The highest BCUT2D eigenvalue weighted by Crippen LogP contribution is 2.28. The van der Waals surface area contributed by atoms with Crippen LogP contribution in [-0.2, 0) is 9.53 Å². The van der Waals surface area contributed by atoms with Gasteiger partial charge in [-0.05, 0) is 38.5 Å². The molecule has 23 heavy (non-hydrogen) atoms. The van der Waals surface area contributed by atoms with Crippen molar-refractivity contribution in [3.05, 3.63) is 41.1 Å². The van der Waals surface area contributed by atoms with Gasteiger partial charge in [0, 0.05) is 25.0 Å². The van der Waals surface area contributed by atoms with Gasteiger partial charge in [-0.2, -0.15) is 0 Å². The molecular formula is C17H23N3O3. The van der Waals surface area contributed by atoms with Crippen molar-refractivity contribution in [3.63, 3.8) is 0 Å². The fraction of sp³-hybridized carbons (Fsp3) is 0.412. The number of carbonyl (C=O) groups excluding carboxylic acids is 2. The minimum absolute atomic E-state index is 0.288. The van der Waals surface area contributed by atoms with Gasteiger partial charge >= 0.3 is 12.0 Å². The molecule has 0 radical (unpaired) electrons. The molecule has 2 amide bonds. The Balaban J connectivity index is 2.36. The summed E-state index contributed by atoms with van der Waals surface area (Å²) in [6.45, 7) is 6.73. The first-order chi connectivity index (χ1) is 11.0. The van der Waals surface area contributed by atoms with Gasteiger partial charge < -0.3 is 20.3 Å². The molecule has 1 aliphatic rings. The van der Waals surface area contributed by atoms with E-state index in [1.165, 1.54) is 0 Å². The number of nitrogens with one attached hydrogen (secondary N) is 2. The second-order valence-electron chi connectivity index (χ2n) is 5.40. The number of allylic oxidation sites excluding steroid dienone is 1. The number of hydrogen-bond donors (Lipinski definition) is 2. The summed E-state index contributed by atoms with van der Waals surface area (Å²) in [5.41, 5.74) is 2.88. The van der Waals surface area contributed by atoms with Gasteiger partial charge in [0.25, 0.3) is 0 Å². The van der Waals surface area contributed by atoms with E-state index >= 15 is 0 Å². The predicted octanol–water partition coefficient (Wildman–Crippen LogP) is 2.33. The summed E-state index contributed by atoms with van der Waals surface area (Å²) >= 11 is 0. The van der Waals surface area contributed by atoms with Gasteiger partial charge in [-0.15, -0.1) is 0 Å². The Hall–Kier alpha value is -2.50. The van der Waals surface area contributed by atoms with Crippen LogP contribution in [0.3, 0.4) is 0 Å². The van der Waals surface area contributed by atoms with Crippen LogP contribution in [0, 0.1) is 0 Å². The molecule has 0 spiro atoms. The van der Waals surface area contributed by atoms with Crippen LogP contribution in [-0.4, -0.2) is 32.2 Å². The number of anilines is 1. The van der Waals surface area contributed by atoms with Crippen molar-refractivity contribution < 1.29 is 14.3 Å². The van der Waals surface area contributed by atoms with E-state index in [1.54, 1.807) is 13.8 Å². The lowest BCUT2D eigenvalue weighted by molar-refractivity contribution is -0.139. The van der Waals surface area contributed by atoms with Crippen LogP contribution >= 0.6 is 0 Å². The quantitative estimate of drug-likeness (QED) is 0.818. The number of amides is 2. The van der Waals surface area contributed by atoms with Gasteiger partial charge in [0.05, 0.1) is 18.2 Å². The number of benzene rings is 1. The highest BCUT2D eigenvalue weighted by molar-refractivity contribution is 5.95. The molecule has 1 aromatic carbocycles. The fourth-order valence-corrected chi connectivity index (χ4v) is 2.53. The van der Waals surface area contributed by atoms with Crippen LogP contribution in [0.2, 0.25) is 0 Å². The summed E-state index contributed by atoms with van der Waals surface area (Å²) in [6, 6.07) is 6.96. The zero-order valence-corrected chi connectivity index (χ0v) is 14.0. The number of carbonyl (C=O) groups is 2.